The third-order valence-corrected chi connectivity index (χ3v) is 5.46. The number of halogens is 1. The first-order valence-electron chi connectivity index (χ1n) is 9.16. The molecular weight excluding hydrogens is 337 g/mol. The van der Waals surface area contributed by atoms with Gasteiger partial charge in [-0.1, -0.05) is 0 Å². The van der Waals surface area contributed by atoms with Crippen molar-refractivity contribution in [3.05, 3.63) is 30.1 Å². The highest BCUT2D eigenvalue weighted by Gasteiger charge is 2.43. The van der Waals surface area contributed by atoms with Crippen LogP contribution in [0, 0.1) is 11.7 Å². The first-order valence-corrected chi connectivity index (χ1v) is 9.16. The van der Waals surface area contributed by atoms with Crippen molar-refractivity contribution in [2.75, 3.05) is 38.6 Å². The van der Waals surface area contributed by atoms with Crippen molar-refractivity contribution in [3.8, 4) is 0 Å². The second-order valence-electron chi connectivity index (χ2n) is 7.01. The number of nitrogens with one attached hydrogen (secondary N) is 2. The lowest BCUT2D eigenvalue weighted by atomic mass is 9.88. The number of benzene rings is 1. The highest BCUT2D eigenvalue weighted by Crippen LogP contribution is 2.28. The highest BCUT2D eigenvalue weighted by atomic mass is 19.1. The van der Waals surface area contributed by atoms with Crippen LogP contribution < -0.4 is 10.6 Å². The molecule has 6 nitrogen and oxygen atoms in total. The van der Waals surface area contributed by atoms with Crippen LogP contribution in [-0.2, 0) is 14.3 Å². The molecule has 0 atom stereocenters. The van der Waals surface area contributed by atoms with Gasteiger partial charge in [-0.2, -0.15) is 0 Å². The number of piperidine rings is 2. The number of hydrogen-bond donors (Lipinski definition) is 2. The maximum atomic E-state index is 12.9. The molecule has 1 aromatic rings. The van der Waals surface area contributed by atoms with Crippen LogP contribution in [0.2, 0.25) is 0 Å². The molecule has 26 heavy (non-hydrogen) atoms. The molecule has 2 fully saturated rings. The third kappa shape index (κ3) is 4.04. The first kappa shape index (κ1) is 18.8. The van der Waals surface area contributed by atoms with E-state index in [1.165, 1.54) is 12.1 Å². The summed E-state index contributed by atoms with van der Waals surface area (Å²) in [5, 5.41) is 6.08. The monoisotopic (exact) mass is 363 g/mol. The number of ether oxygens (including phenoxy) is 1. The molecular formula is C19H26FN3O3. The molecule has 0 spiro atoms. The molecule has 0 radical (unpaired) electrons. The predicted molar refractivity (Wildman–Crippen MR) is 96.2 cm³/mol. The second-order valence-corrected chi connectivity index (χ2v) is 7.01. The van der Waals surface area contributed by atoms with Crippen molar-refractivity contribution in [2.24, 2.45) is 5.92 Å². The molecule has 0 aromatic heterocycles. The number of carbonyl (C=O) groups excluding carboxylic acids is 2. The van der Waals surface area contributed by atoms with Gasteiger partial charge in [-0.3, -0.25) is 9.59 Å². The number of methoxy groups -OCH3 is 1. The molecule has 2 heterocycles. The maximum Gasteiger partial charge on any atom is 0.254 e. The van der Waals surface area contributed by atoms with Crippen molar-refractivity contribution < 1.29 is 18.7 Å². The molecule has 0 bridgehead atoms. The average molecular weight is 363 g/mol. The summed E-state index contributed by atoms with van der Waals surface area (Å²) in [6.07, 6.45) is 2.59. The van der Waals surface area contributed by atoms with Crippen molar-refractivity contribution in [1.82, 2.24) is 10.2 Å². The number of nitrogens with zero attached hydrogens (tertiary/aromatic N) is 1. The number of rotatable bonds is 4. The number of likely N-dealkylation sites (tertiary alicyclic amines) is 1. The van der Waals surface area contributed by atoms with E-state index in [4.69, 9.17) is 4.74 Å². The minimum Gasteiger partial charge on any atom is -0.368 e. The standard InChI is InChI=1S/C19H26FN3O3/c1-26-19(8-10-21-11-9-19)18(25)23-12-6-14(7-13-23)17(24)22-16-4-2-15(20)3-5-16/h2-5,14,21H,6-13H2,1H3,(H,22,24). The number of amides is 2. The molecule has 0 unspecified atom stereocenters. The minimum atomic E-state index is -0.728. The Morgan fingerprint density at radius 2 is 1.81 bits per heavy atom. The van der Waals surface area contributed by atoms with Gasteiger partial charge in [0.1, 0.15) is 11.4 Å². The van der Waals surface area contributed by atoms with Gasteiger partial charge in [0.05, 0.1) is 0 Å². The summed E-state index contributed by atoms with van der Waals surface area (Å²) in [6, 6.07) is 5.73. The van der Waals surface area contributed by atoms with E-state index in [0.29, 0.717) is 44.5 Å². The highest BCUT2D eigenvalue weighted by molar-refractivity contribution is 5.93. The Bertz CT molecular complexity index is 636. The molecule has 2 aliphatic rings. The zero-order valence-electron chi connectivity index (χ0n) is 15.1. The van der Waals surface area contributed by atoms with Crippen molar-refractivity contribution >= 4 is 17.5 Å². The molecule has 0 saturated carbocycles. The normalized spacial score (nSPS) is 20.6. The fourth-order valence-corrected chi connectivity index (χ4v) is 3.75. The third-order valence-electron chi connectivity index (χ3n) is 5.46. The van der Waals surface area contributed by atoms with E-state index in [0.717, 1.165) is 13.1 Å². The summed E-state index contributed by atoms with van der Waals surface area (Å²) < 4.78 is 18.6. The van der Waals surface area contributed by atoms with Crippen molar-refractivity contribution in [3.63, 3.8) is 0 Å². The molecule has 142 valence electrons. The van der Waals surface area contributed by atoms with Gasteiger partial charge in [0.2, 0.25) is 5.91 Å². The Balaban J connectivity index is 1.54. The van der Waals surface area contributed by atoms with Crippen LogP contribution in [0.5, 0.6) is 0 Å². The Hall–Kier alpha value is -1.99. The fraction of sp³-hybridized carbons (Fsp3) is 0.579. The molecule has 1 aromatic carbocycles. The van der Waals surface area contributed by atoms with Crippen LogP contribution in [0.3, 0.4) is 0 Å². The van der Waals surface area contributed by atoms with Gasteiger partial charge in [-0.15, -0.1) is 0 Å². The van der Waals surface area contributed by atoms with Crippen LogP contribution in [0.15, 0.2) is 24.3 Å². The fourth-order valence-electron chi connectivity index (χ4n) is 3.75. The Kier molecular flexibility index (Phi) is 5.88. The van der Waals surface area contributed by atoms with E-state index in [9.17, 15) is 14.0 Å². The van der Waals surface area contributed by atoms with Gasteiger partial charge in [0.25, 0.3) is 5.91 Å². The Morgan fingerprint density at radius 3 is 2.38 bits per heavy atom. The summed E-state index contributed by atoms with van der Waals surface area (Å²) >= 11 is 0. The van der Waals surface area contributed by atoms with E-state index in [1.807, 2.05) is 4.90 Å². The van der Waals surface area contributed by atoms with E-state index >= 15 is 0 Å². The molecule has 3 rings (SSSR count). The smallest absolute Gasteiger partial charge is 0.254 e. The molecule has 2 amide bonds. The zero-order chi connectivity index (χ0) is 18.6. The van der Waals surface area contributed by atoms with Gasteiger partial charge in [-0.25, -0.2) is 4.39 Å². The lowest BCUT2D eigenvalue weighted by Gasteiger charge is -2.41. The van der Waals surface area contributed by atoms with Crippen LogP contribution in [0.4, 0.5) is 10.1 Å². The predicted octanol–water partition coefficient (Wildman–Crippen LogP) is 1.77. The topological polar surface area (TPSA) is 70.7 Å². The van der Waals surface area contributed by atoms with Crippen LogP contribution in [0.1, 0.15) is 25.7 Å². The first-order chi connectivity index (χ1) is 12.5. The minimum absolute atomic E-state index is 0.0406. The number of anilines is 1. The van der Waals surface area contributed by atoms with Crippen LogP contribution >= 0.6 is 0 Å². The molecule has 0 aliphatic carbocycles. The molecule has 2 aliphatic heterocycles. The van der Waals surface area contributed by atoms with E-state index < -0.39 is 5.60 Å². The number of hydrogen-bond acceptors (Lipinski definition) is 4. The SMILES string of the molecule is COC1(C(=O)N2CCC(C(=O)Nc3ccc(F)cc3)CC2)CCNCC1. The summed E-state index contributed by atoms with van der Waals surface area (Å²) in [4.78, 5) is 27.2. The maximum absolute atomic E-state index is 12.9. The van der Waals surface area contributed by atoms with Gasteiger partial charge in [-0.05, 0) is 63.0 Å². The van der Waals surface area contributed by atoms with Crippen LogP contribution in [-0.4, -0.2) is 55.6 Å². The van der Waals surface area contributed by atoms with E-state index in [2.05, 4.69) is 10.6 Å². The Labute approximate surface area is 153 Å². The molecule has 2 saturated heterocycles. The van der Waals surface area contributed by atoms with Crippen molar-refractivity contribution in [2.45, 2.75) is 31.3 Å². The summed E-state index contributed by atoms with van der Waals surface area (Å²) in [6.45, 7) is 2.66. The Morgan fingerprint density at radius 1 is 1.19 bits per heavy atom. The quantitative estimate of drug-likeness (QED) is 0.855. The van der Waals surface area contributed by atoms with Crippen LogP contribution in [0.25, 0.3) is 0 Å². The van der Waals surface area contributed by atoms with Gasteiger partial charge >= 0.3 is 0 Å². The molecule has 2 N–H and O–H groups in total. The van der Waals surface area contributed by atoms with Gasteiger partial charge in [0, 0.05) is 31.8 Å². The van der Waals surface area contributed by atoms with Gasteiger partial charge in [0.15, 0.2) is 0 Å². The zero-order valence-corrected chi connectivity index (χ0v) is 15.1. The summed E-state index contributed by atoms with van der Waals surface area (Å²) in [5.74, 6) is -0.513. The molecule has 7 heteroatoms. The van der Waals surface area contributed by atoms with Crippen molar-refractivity contribution in [1.29, 1.82) is 0 Å². The number of carbonyl (C=O) groups is 2. The summed E-state index contributed by atoms with van der Waals surface area (Å²) in [7, 11) is 1.60. The largest absolute Gasteiger partial charge is 0.368 e. The summed E-state index contributed by atoms with van der Waals surface area (Å²) in [5.41, 5.74) is -0.142. The average Bonchev–Trinajstić information content (AvgIpc) is 2.69. The van der Waals surface area contributed by atoms with E-state index in [1.54, 1.807) is 19.2 Å². The van der Waals surface area contributed by atoms with Gasteiger partial charge < -0.3 is 20.3 Å². The van der Waals surface area contributed by atoms with E-state index in [-0.39, 0.29) is 23.5 Å². The lowest BCUT2D eigenvalue weighted by molar-refractivity contribution is -0.160. The second kappa shape index (κ2) is 8.14. The lowest BCUT2D eigenvalue weighted by Crippen LogP contribution is -2.57.